The van der Waals surface area contributed by atoms with E-state index in [-0.39, 0.29) is 6.10 Å². The predicted octanol–water partition coefficient (Wildman–Crippen LogP) is -1.04. The van der Waals surface area contributed by atoms with Crippen molar-refractivity contribution in [2.75, 3.05) is 27.7 Å². The molecule has 0 aromatic heterocycles. The van der Waals surface area contributed by atoms with Gasteiger partial charge in [0.2, 0.25) is 6.16 Å². The Labute approximate surface area is 72.4 Å². The lowest BCUT2D eigenvalue weighted by molar-refractivity contribution is -0.873. The van der Waals surface area contributed by atoms with Crippen LogP contribution in [-0.2, 0) is 0 Å². The molecule has 2 N–H and O–H groups in total. The van der Waals surface area contributed by atoms with Crippen LogP contribution in [0.15, 0.2) is 0 Å². The maximum atomic E-state index is 8.87. The van der Waals surface area contributed by atoms with Crippen molar-refractivity contribution in [1.29, 1.82) is 0 Å². The van der Waals surface area contributed by atoms with Gasteiger partial charge >= 0.3 is 0 Å². The minimum Gasteiger partial charge on any atom is -0.565 e. The van der Waals surface area contributed by atoms with Gasteiger partial charge < -0.3 is 24.6 Å². The summed E-state index contributed by atoms with van der Waals surface area (Å²) in [5, 5.41) is 24.2. The van der Waals surface area contributed by atoms with Gasteiger partial charge in [-0.1, -0.05) is 0 Å². The van der Waals surface area contributed by atoms with E-state index in [2.05, 4.69) is 21.1 Å². The molecule has 0 aliphatic rings. The van der Waals surface area contributed by atoms with Crippen molar-refractivity contribution in [1.82, 2.24) is 0 Å². The highest BCUT2D eigenvalue weighted by Gasteiger charge is 2.09. The van der Waals surface area contributed by atoms with Gasteiger partial charge in [0.25, 0.3) is 0 Å². The van der Waals surface area contributed by atoms with E-state index in [4.69, 9.17) is 20.1 Å². The van der Waals surface area contributed by atoms with Gasteiger partial charge in [0.05, 0.1) is 21.1 Å². The van der Waals surface area contributed by atoms with Crippen LogP contribution in [0, 0.1) is 0 Å². The zero-order chi connectivity index (χ0) is 10.4. The van der Waals surface area contributed by atoms with Crippen LogP contribution in [0.5, 0.6) is 0 Å². The highest BCUT2D eigenvalue weighted by Crippen LogP contribution is 1.92. The molecule has 0 radical (unpaired) electrons. The van der Waals surface area contributed by atoms with E-state index >= 15 is 0 Å². The summed E-state index contributed by atoms with van der Waals surface area (Å²) in [5.41, 5.74) is 0. The normalized spacial score (nSPS) is 12.8. The summed E-state index contributed by atoms with van der Waals surface area (Å²) in [5.74, 6) is 0. The van der Waals surface area contributed by atoms with Crippen molar-refractivity contribution in [2.24, 2.45) is 0 Å². The number of rotatable bonds is 2. The van der Waals surface area contributed by atoms with Crippen LogP contribution in [0.4, 0.5) is 4.79 Å². The van der Waals surface area contributed by atoms with Crippen LogP contribution < -0.4 is 5.11 Å². The maximum absolute atomic E-state index is 8.87. The highest BCUT2D eigenvalue weighted by atomic mass is 16.6. The molecule has 0 saturated heterocycles. The number of aliphatic hydroxyl groups is 1. The third kappa shape index (κ3) is 35.1. The molecule has 0 spiro atoms. The molecular formula is C7H17NO4. The standard InChI is InChI=1S/C6H16NO.CH2O3/c1-6(8)5-7(2,3)4;2-1(3)4/h6,8H,5H2,1-4H3;(H2,2,3,4)/q+1;/p-1. The first-order valence-electron chi connectivity index (χ1n) is 3.53. The molecule has 0 aromatic carbocycles. The number of hydrogen-bond acceptors (Lipinski definition) is 3. The largest absolute Gasteiger partial charge is 0.565 e. The lowest BCUT2D eigenvalue weighted by Gasteiger charge is -2.24. The Morgan fingerprint density at radius 1 is 1.50 bits per heavy atom. The Morgan fingerprint density at radius 2 is 1.75 bits per heavy atom. The third-order valence-corrected chi connectivity index (χ3v) is 0.812. The topological polar surface area (TPSA) is 80.6 Å². The molecule has 0 aromatic rings. The highest BCUT2D eigenvalue weighted by molar-refractivity contribution is 5.50. The van der Waals surface area contributed by atoms with Crippen molar-refractivity contribution in [3.63, 3.8) is 0 Å². The van der Waals surface area contributed by atoms with Crippen LogP contribution in [0.2, 0.25) is 0 Å². The molecule has 0 aliphatic heterocycles. The summed E-state index contributed by atoms with van der Waals surface area (Å²) in [6.07, 6.45) is -2.27. The Hall–Kier alpha value is -0.810. The van der Waals surface area contributed by atoms with E-state index in [9.17, 15) is 0 Å². The lowest BCUT2D eigenvalue weighted by Crippen LogP contribution is -2.40. The molecule has 0 rings (SSSR count). The van der Waals surface area contributed by atoms with Gasteiger partial charge in [-0.3, -0.25) is 0 Å². The molecule has 1 unspecified atom stereocenters. The molecule has 12 heavy (non-hydrogen) atoms. The average Bonchev–Trinajstić information content (AvgIpc) is 1.52. The Kier molecular flexibility index (Phi) is 6.64. The second-order valence-corrected chi connectivity index (χ2v) is 3.59. The van der Waals surface area contributed by atoms with E-state index in [0.29, 0.717) is 0 Å². The van der Waals surface area contributed by atoms with Crippen molar-refractivity contribution in [2.45, 2.75) is 13.0 Å². The maximum Gasteiger partial charge on any atom is 0.249 e. The minimum absolute atomic E-state index is 0.185. The van der Waals surface area contributed by atoms with Gasteiger partial charge in [0.15, 0.2) is 0 Å². The van der Waals surface area contributed by atoms with Gasteiger partial charge in [0.1, 0.15) is 12.6 Å². The monoisotopic (exact) mass is 179 g/mol. The zero-order valence-electron chi connectivity index (χ0n) is 7.94. The lowest BCUT2D eigenvalue weighted by atomic mass is 10.3. The number of quaternary nitrogens is 1. The fourth-order valence-corrected chi connectivity index (χ4v) is 0.793. The molecule has 0 aliphatic carbocycles. The molecule has 5 nitrogen and oxygen atoms in total. The van der Waals surface area contributed by atoms with E-state index in [1.807, 2.05) is 6.92 Å². The minimum atomic E-state index is -2.08. The molecule has 74 valence electrons. The smallest absolute Gasteiger partial charge is 0.249 e. The number of nitrogens with zero attached hydrogens (tertiary/aromatic N) is 1. The number of likely N-dealkylation sites (N-methyl/N-ethyl adjacent to an activating group) is 1. The van der Waals surface area contributed by atoms with Gasteiger partial charge in [0, 0.05) is 0 Å². The summed E-state index contributed by atoms with van der Waals surface area (Å²) < 4.78 is 0.831. The van der Waals surface area contributed by atoms with E-state index in [1.54, 1.807) is 0 Å². The van der Waals surface area contributed by atoms with Gasteiger partial charge in [-0.05, 0) is 6.92 Å². The van der Waals surface area contributed by atoms with Gasteiger partial charge in [-0.25, -0.2) is 0 Å². The fraction of sp³-hybridized carbons (Fsp3) is 0.857. The van der Waals surface area contributed by atoms with Crippen molar-refractivity contribution in [3.05, 3.63) is 0 Å². The van der Waals surface area contributed by atoms with E-state index < -0.39 is 6.16 Å². The third-order valence-electron chi connectivity index (χ3n) is 0.812. The molecule has 0 heterocycles. The Morgan fingerprint density at radius 3 is 1.75 bits per heavy atom. The van der Waals surface area contributed by atoms with Gasteiger partial charge in [-0.15, -0.1) is 0 Å². The van der Waals surface area contributed by atoms with Crippen molar-refractivity contribution < 1.29 is 24.6 Å². The average molecular weight is 179 g/mol. The number of hydrogen-bond donors (Lipinski definition) is 2. The Bertz CT molecular complexity index is 124. The van der Waals surface area contributed by atoms with Crippen LogP contribution in [-0.4, -0.2) is 54.6 Å². The number of carboxylic acid groups (broad SMARTS) is 2. The molecule has 0 fully saturated rings. The molecule has 0 bridgehead atoms. The molecule has 0 saturated carbocycles. The summed E-state index contributed by atoms with van der Waals surface area (Å²) in [4.78, 5) is 8.44. The summed E-state index contributed by atoms with van der Waals surface area (Å²) in [7, 11) is 6.19. The number of carbonyl (C=O) groups is 1. The van der Waals surface area contributed by atoms with Crippen LogP contribution in [0.25, 0.3) is 0 Å². The van der Waals surface area contributed by atoms with Gasteiger partial charge in [-0.2, -0.15) is 0 Å². The Balaban J connectivity index is 0. The van der Waals surface area contributed by atoms with E-state index in [1.165, 1.54) is 0 Å². The first-order valence-corrected chi connectivity index (χ1v) is 3.53. The summed E-state index contributed by atoms with van der Waals surface area (Å²) in [6.45, 7) is 2.63. The fourth-order valence-electron chi connectivity index (χ4n) is 0.793. The van der Waals surface area contributed by atoms with Crippen LogP contribution in [0.3, 0.4) is 0 Å². The molecule has 0 amide bonds. The summed E-state index contributed by atoms with van der Waals surface area (Å²) >= 11 is 0. The first kappa shape index (κ1) is 13.8. The van der Waals surface area contributed by atoms with Crippen molar-refractivity contribution >= 4 is 6.16 Å². The molecule has 1 atom stereocenters. The number of aliphatic hydroxyl groups excluding tert-OH is 1. The molecule has 5 heteroatoms. The van der Waals surface area contributed by atoms with Crippen LogP contribution in [0.1, 0.15) is 6.92 Å². The SMILES string of the molecule is CC(O)C[N+](C)(C)C.O=C([O-])O. The van der Waals surface area contributed by atoms with Crippen LogP contribution >= 0.6 is 0 Å². The zero-order valence-corrected chi connectivity index (χ0v) is 7.94. The molecular weight excluding hydrogens is 162 g/mol. The van der Waals surface area contributed by atoms with E-state index in [0.717, 1.165) is 11.0 Å². The summed E-state index contributed by atoms with van der Waals surface area (Å²) in [6, 6.07) is 0. The predicted molar refractivity (Wildman–Crippen MR) is 42.6 cm³/mol. The first-order chi connectivity index (χ1) is 5.15. The second-order valence-electron chi connectivity index (χ2n) is 3.59. The quantitative estimate of drug-likeness (QED) is 0.531. The van der Waals surface area contributed by atoms with Crippen molar-refractivity contribution in [3.8, 4) is 0 Å². The second kappa shape index (κ2) is 5.79.